The van der Waals surface area contributed by atoms with Crippen molar-refractivity contribution in [2.45, 2.75) is 20.3 Å². The van der Waals surface area contributed by atoms with E-state index in [1.807, 2.05) is 38.1 Å². The molecule has 3 N–H and O–H groups in total. The summed E-state index contributed by atoms with van der Waals surface area (Å²) in [5.41, 5.74) is 2.87. The van der Waals surface area contributed by atoms with Crippen LogP contribution in [0.5, 0.6) is 0 Å². The number of anilines is 4. The number of fused-ring (bicyclic) bond motifs is 1. The van der Waals surface area contributed by atoms with E-state index in [0.717, 1.165) is 32.9 Å². The van der Waals surface area contributed by atoms with Crippen LogP contribution in [0.25, 0.3) is 10.2 Å². The maximum Gasteiger partial charge on any atom is 0.355 e. The zero-order valence-electron chi connectivity index (χ0n) is 15.1. The number of nitrogens with zero attached hydrogens (tertiary/aromatic N) is 4. The van der Waals surface area contributed by atoms with Gasteiger partial charge in [-0.15, -0.1) is 21.5 Å². The lowest BCUT2D eigenvalue weighted by molar-refractivity contribution is 0.0691. The number of thiazole rings is 2. The van der Waals surface area contributed by atoms with E-state index in [9.17, 15) is 4.79 Å². The van der Waals surface area contributed by atoms with Gasteiger partial charge in [0.2, 0.25) is 0 Å². The first-order valence-corrected chi connectivity index (χ1v) is 10.2. The normalized spacial score (nSPS) is 10.9. The largest absolute Gasteiger partial charge is 0.476 e. The minimum absolute atomic E-state index is 0.00403. The zero-order chi connectivity index (χ0) is 19.7. The van der Waals surface area contributed by atoms with Crippen molar-refractivity contribution in [1.29, 1.82) is 0 Å². The van der Waals surface area contributed by atoms with Crippen LogP contribution in [0.15, 0.2) is 29.6 Å². The van der Waals surface area contributed by atoms with E-state index in [4.69, 9.17) is 5.11 Å². The first-order valence-electron chi connectivity index (χ1n) is 8.49. The third-order valence-electron chi connectivity index (χ3n) is 4.17. The minimum Gasteiger partial charge on any atom is -0.476 e. The molecule has 142 valence electrons. The fourth-order valence-corrected chi connectivity index (χ4v) is 4.31. The number of benzene rings is 1. The van der Waals surface area contributed by atoms with Gasteiger partial charge < -0.3 is 15.7 Å². The summed E-state index contributed by atoms with van der Waals surface area (Å²) in [7, 11) is 0. The molecule has 0 aliphatic rings. The smallest absolute Gasteiger partial charge is 0.355 e. The number of nitrogens with one attached hydrogen (secondary N) is 2. The van der Waals surface area contributed by atoms with Crippen molar-refractivity contribution in [2.24, 2.45) is 0 Å². The van der Waals surface area contributed by atoms with Crippen LogP contribution >= 0.6 is 22.7 Å². The topological polar surface area (TPSA) is 113 Å². The highest BCUT2D eigenvalue weighted by atomic mass is 32.1. The Hall–Kier alpha value is -3.11. The van der Waals surface area contributed by atoms with Crippen LogP contribution in [0.1, 0.15) is 28.5 Å². The lowest BCUT2D eigenvalue weighted by Crippen LogP contribution is -2.07. The maximum absolute atomic E-state index is 11.0. The van der Waals surface area contributed by atoms with E-state index in [2.05, 4.69) is 30.8 Å². The fourth-order valence-electron chi connectivity index (χ4n) is 2.77. The molecule has 0 aliphatic carbocycles. The van der Waals surface area contributed by atoms with Gasteiger partial charge in [0.1, 0.15) is 0 Å². The van der Waals surface area contributed by atoms with Gasteiger partial charge in [-0.25, -0.2) is 14.8 Å². The molecule has 0 atom stereocenters. The number of carboxylic acids is 1. The lowest BCUT2D eigenvalue weighted by atomic mass is 10.1. The monoisotopic (exact) mass is 412 g/mol. The molecule has 8 nitrogen and oxygen atoms in total. The first-order chi connectivity index (χ1) is 13.5. The maximum atomic E-state index is 11.0. The second-order valence-corrected chi connectivity index (χ2v) is 7.82. The molecule has 4 rings (SSSR count). The van der Waals surface area contributed by atoms with Gasteiger partial charge in [-0.2, -0.15) is 0 Å². The molecule has 3 heterocycles. The molecule has 4 aromatic rings. The van der Waals surface area contributed by atoms with Crippen molar-refractivity contribution in [1.82, 2.24) is 20.2 Å². The van der Waals surface area contributed by atoms with Gasteiger partial charge in [-0.1, -0.05) is 30.4 Å². The standard InChI is InChI=1S/C18H16N6O2S2/c1-3-10-9(2)14(21-18-19-11-6-4-5-7-13(11)28-18)23-24-15(10)22-17-20-12(8-27-17)16(25)26/h4-8H,3H2,1-2H3,(H,25,26)(H,19,21,23)(H,20,22,24). The predicted molar refractivity (Wildman–Crippen MR) is 111 cm³/mol. The molecule has 0 saturated carbocycles. The van der Waals surface area contributed by atoms with E-state index in [-0.39, 0.29) is 5.69 Å². The summed E-state index contributed by atoms with van der Waals surface area (Å²) < 4.78 is 1.10. The van der Waals surface area contributed by atoms with Crippen molar-refractivity contribution >= 4 is 60.8 Å². The Balaban J connectivity index is 1.62. The summed E-state index contributed by atoms with van der Waals surface area (Å²) in [4.78, 5) is 19.6. The van der Waals surface area contributed by atoms with Gasteiger partial charge in [0.15, 0.2) is 27.6 Å². The molecule has 0 fully saturated rings. The molecule has 3 aromatic heterocycles. The van der Waals surface area contributed by atoms with Crippen molar-refractivity contribution in [3.05, 3.63) is 46.5 Å². The van der Waals surface area contributed by atoms with Crippen molar-refractivity contribution in [3.63, 3.8) is 0 Å². The molecular weight excluding hydrogens is 396 g/mol. The van der Waals surface area contributed by atoms with E-state index < -0.39 is 5.97 Å². The molecule has 0 spiro atoms. The molecule has 0 radical (unpaired) electrons. The Morgan fingerprint density at radius 3 is 2.57 bits per heavy atom. The summed E-state index contributed by atoms with van der Waals surface area (Å²) in [6, 6.07) is 7.94. The zero-order valence-corrected chi connectivity index (χ0v) is 16.7. The Bertz CT molecular complexity index is 1140. The number of aromatic carboxylic acids is 1. The van der Waals surface area contributed by atoms with E-state index in [1.54, 1.807) is 11.3 Å². The number of rotatable bonds is 6. The molecule has 1 aromatic carbocycles. The third kappa shape index (κ3) is 3.51. The van der Waals surface area contributed by atoms with Crippen LogP contribution in [0.4, 0.5) is 21.9 Å². The SMILES string of the molecule is CCc1c(Nc2nc(C(=O)O)cs2)nnc(Nc2nc3ccccc3s2)c1C. The second kappa shape index (κ2) is 7.49. The Kier molecular flexibility index (Phi) is 4.88. The fraction of sp³-hybridized carbons (Fsp3) is 0.167. The van der Waals surface area contributed by atoms with Gasteiger partial charge in [-0.3, -0.25) is 0 Å². The van der Waals surface area contributed by atoms with Crippen LogP contribution in [-0.4, -0.2) is 31.2 Å². The highest BCUT2D eigenvalue weighted by Crippen LogP contribution is 2.31. The van der Waals surface area contributed by atoms with Gasteiger partial charge in [-0.05, 0) is 25.5 Å². The Labute approximate surface area is 168 Å². The van der Waals surface area contributed by atoms with Gasteiger partial charge in [0, 0.05) is 16.5 Å². The van der Waals surface area contributed by atoms with Crippen molar-refractivity contribution < 1.29 is 9.90 Å². The number of para-hydroxylation sites is 1. The molecular formula is C18H16N6O2S2. The minimum atomic E-state index is -1.06. The third-order valence-corrected chi connectivity index (χ3v) is 5.87. The predicted octanol–water partition coefficient (Wildman–Crippen LogP) is 4.60. The molecule has 0 bridgehead atoms. The number of carboxylic acid groups (broad SMARTS) is 1. The van der Waals surface area contributed by atoms with E-state index in [0.29, 0.717) is 16.8 Å². The number of hydrogen-bond donors (Lipinski definition) is 3. The molecule has 0 aliphatic heterocycles. The van der Waals surface area contributed by atoms with Gasteiger partial charge in [0.05, 0.1) is 10.2 Å². The van der Waals surface area contributed by atoms with Crippen LogP contribution in [0, 0.1) is 6.92 Å². The first kappa shape index (κ1) is 18.3. The summed E-state index contributed by atoms with van der Waals surface area (Å²) in [5, 5.41) is 26.6. The number of aromatic nitrogens is 4. The quantitative estimate of drug-likeness (QED) is 0.421. The highest BCUT2D eigenvalue weighted by molar-refractivity contribution is 7.22. The summed E-state index contributed by atoms with van der Waals surface area (Å²) in [5.74, 6) is 0.158. The van der Waals surface area contributed by atoms with Crippen LogP contribution in [0.2, 0.25) is 0 Å². The number of carbonyl (C=O) groups is 1. The summed E-state index contributed by atoms with van der Waals surface area (Å²) in [6.45, 7) is 4.00. The molecule has 0 saturated heterocycles. The average molecular weight is 413 g/mol. The van der Waals surface area contributed by atoms with Crippen LogP contribution in [-0.2, 0) is 6.42 Å². The van der Waals surface area contributed by atoms with Gasteiger partial charge in [0.25, 0.3) is 0 Å². The van der Waals surface area contributed by atoms with Crippen LogP contribution < -0.4 is 10.6 Å². The van der Waals surface area contributed by atoms with Crippen molar-refractivity contribution in [2.75, 3.05) is 10.6 Å². The Morgan fingerprint density at radius 1 is 1.11 bits per heavy atom. The summed E-state index contributed by atoms with van der Waals surface area (Å²) in [6.07, 6.45) is 0.732. The van der Waals surface area contributed by atoms with E-state index in [1.165, 1.54) is 16.7 Å². The molecule has 28 heavy (non-hydrogen) atoms. The van der Waals surface area contributed by atoms with E-state index >= 15 is 0 Å². The molecule has 0 amide bonds. The number of hydrogen-bond acceptors (Lipinski definition) is 9. The molecule has 10 heteroatoms. The molecule has 0 unspecified atom stereocenters. The van der Waals surface area contributed by atoms with Crippen molar-refractivity contribution in [3.8, 4) is 0 Å². The summed E-state index contributed by atoms with van der Waals surface area (Å²) >= 11 is 2.77. The Morgan fingerprint density at radius 2 is 1.86 bits per heavy atom. The second-order valence-electron chi connectivity index (χ2n) is 5.93. The average Bonchev–Trinajstić information content (AvgIpc) is 3.30. The lowest BCUT2D eigenvalue weighted by Gasteiger charge is -2.13. The van der Waals surface area contributed by atoms with Gasteiger partial charge >= 0.3 is 5.97 Å². The van der Waals surface area contributed by atoms with Crippen LogP contribution in [0.3, 0.4) is 0 Å². The highest BCUT2D eigenvalue weighted by Gasteiger charge is 2.16.